The zero-order valence-corrected chi connectivity index (χ0v) is 15.7. The predicted octanol–water partition coefficient (Wildman–Crippen LogP) is 1.96. The first-order chi connectivity index (χ1) is 11.1. The van der Waals surface area contributed by atoms with Crippen LogP contribution in [0.4, 0.5) is 0 Å². The van der Waals surface area contributed by atoms with E-state index in [9.17, 15) is 13.2 Å². The molecule has 1 aliphatic heterocycles. The summed E-state index contributed by atoms with van der Waals surface area (Å²) in [6.07, 6.45) is -0.0617. The Bertz CT molecular complexity index is 692. The lowest BCUT2D eigenvalue weighted by atomic mass is 10.1. The summed E-state index contributed by atoms with van der Waals surface area (Å²) in [5.41, 5.74) is 0.384. The van der Waals surface area contributed by atoms with Crippen LogP contribution in [0.25, 0.3) is 0 Å². The van der Waals surface area contributed by atoms with E-state index in [2.05, 4.69) is 0 Å². The fourth-order valence-corrected chi connectivity index (χ4v) is 4.17. The molecule has 0 aromatic heterocycles. The second-order valence-electron chi connectivity index (χ2n) is 6.61. The summed E-state index contributed by atoms with van der Waals surface area (Å²) in [7, 11) is -2.07. The van der Waals surface area contributed by atoms with Gasteiger partial charge < -0.3 is 9.64 Å². The monoisotopic (exact) mass is 354 g/mol. The highest BCUT2D eigenvalue weighted by molar-refractivity contribution is 7.89. The molecule has 1 aliphatic rings. The molecular formula is C17H26N2O4S. The van der Waals surface area contributed by atoms with E-state index in [0.717, 1.165) is 0 Å². The van der Waals surface area contributed by atoms with Gasteiger partial charge in [-0.25, -0.2) is 8.42 Å². The Balaban J connectivity index is 2.29. The van der Waals surface area contributed by atoms with E-state index < -0.39 is 10.0 Å². The van der Waals surface area contributed by atoms with Gasteiger partial charge in [0, 0.05) is 31.7 Å². The minimum absolute atomic E-state index is 0.0308. The van der Waals surface area contributed by atoms with E-state index in [1.807, 2.05) is 27.7 Å². The highest BCUT2D eigenvalue weighted by Gasteiger charge is 2.28. The Morgan fingerprint density at radius 1 is 1.25 bits per heavy atom. The Labute approximate surface area is 144 Å². The van der Waals surface area contributed by atoms with E-state index in [1.165, 1.54) is 16.4 Å². The normalized spacial score (nSPS) is 22.2. The smallest absolute Gasteiger partial charge is 0.254 e. The van der Waals surface area contributed by atoms with Crippen LogP contribution in [0.3, 0.4) is 0 Å². The molecule has 1 fully saturated rings. The average Bonchev–Trinajstić information content (AvgIpc) is 2.52. The standard InChI is InChI=1S/C17H26N2O4S/c1-12(2)18(5)24(21,22)16-8-6-7-15(9-16)17(20)19-10-13(3)23-14(4)11-19/h6-9,12-14H,10-11H2,1-5H3/t13-,14-/m0/s1. The summed E-state index contributed by atoms with van der Waals surface area (Å²) in [5, 5.41) is 0. The van der Waals surface area contributed by atoms with Gasteiger partial charge in [-0.05, 0) is 45.9 Å². The number of morpholine rings is 1. The molecule has 24 heavy (non-hydrogen) atoms. The number of carbonyl (C=O) groups excluding carboxylic acids is 1. The van der Waals surface area contributed by atoms with Crippen molar-refractivity contribution in [3.05, 3.63) is 29.8 Å². The van der Waals surface area contributed by atoms with Crippen LogP contribution in [-0.2, 0) is 14.8 Å². The topological polar surface area (TPSA) is 66.9 Å². The predicted molar refractivity (Wildman–Crippen MR) is 92.4 cm³/mol. The molecule has 0 saturated carbocycles. The second-order valence-corrected chi connectivity index (χ2v) is 8.61. The highest BCUT2D eigenvalue weighted by Crippen LogP contribution is 2.20. The highest BCUT2D eigenvalue weighted by atomic mass is 32.2. The quantitative estimate of drug-likeness (QED) is 0.829. The molecule has 0 spiro atoms. The zero-order chi connectivity index (χ0) is 18.1. The Morgan fingerprint density at radius 2 is 1.83 bits per heavy atom. The molecule has 6 nitrogen and oxygen atoms in total. The summed E-state index contributed by atoms with van der Waals surface area (Å²) in [6, 6.07) is 6.09. The molecular weight excluding hydrogens is 328 g/mol. The van der Waals surface area contributed by atoms with Gasteiger partial charge in [0.05, 0.1) is 17.1 Å². The first kappa shape index (κ1) is 18.9. The summed E-state index contributed by atoms with van der Waals surface area (Å²) >= 11 is 0. The molecule has 2 atom stereocenters. The van der Waals surface area contributed by atoms with Crippen molar-refractivity contribution in [3.63, 3.8) is 0 Å². The lowest BCUT2D eigenvalue weighted by molar-refractivity contribution is -0.0586. The summed E-state index contributed by atoms with van der Waals surface area (Å²) < 4.78 is 32.2. The summed E-state index contributed by atoms with van der Waals surface area (Å²) in [4.78, 5) is 14.6. The van der Waals surface area contributed by atoms with Crippen LogP contribution in [0.2, 0.25) is 0 Å². The van der Waals surface area contributed by atoms with Crippen molar-refractivity contribution in [2.45, 2.75) is 50.8 Å². The Kier molecular flexibility index (Phi) is 5.67. The van der Waals surface area contributed by atoms with Crippen molar-refractivity contribution in [2.24, 2.45) is 0 Å². The fraction of sp³-hybridized carbons (Fsp3) is 0.588. The van der Waals surface area contributed by atoms with Gasteiger partial charge in [0.2, 0.25) is 10.0 Å². The number of carbonyl (C=O) groups is 1. The van der Waals surface area contributed by atoms with Crippen molar-refractivity contribution in [3.8, 4) is 0 Å². The minimum atomic E-state index is -3.61. The van der Waals surface area contributed by atoms with Gasteiger partial charge >= 0.3 is 0 Å². The van der Waals surface area contributed by atoms with Crippen molar-refractivity contribution < 1.29 is 17.9 Å². The molecule has 1 heterocycles. The van der Waals surface area contributed by atoms with Gasteiger partial charge in [-0.1, -0.05) is 6.07 Å². The van der Waals surface area contributed by atoms with Crippen LogP contribution in [0.15, 0.2) is 29.2 Å². The maximum Gasteiger partial charge on any atom is 0.254 e. The number of benzene rings is 1. The number of ether oxygens (including phenoxy) is 1. The SMILES string of the molecule is CC(C)N(C)S(=O)(=O)c1cccc(C(=O)N2C[C@H](C)O[C@@H](C)C2)c1. The largest absolute Gasteiger partial charge is 0.372 e. The summed E-state index contributed by atoms with van der Waals surface area (Å²) in [5.74, 6) is -0.166. The number of amides is 1. The van der Waals surface area contributed by atoms with Crippen molar-refractivity contribution in [1.82, 2.24) is 9.21 Å². The van der Waals surface area contributed by atoms with Gasteiger partial charge in [-0.2, -0.15) is 4.31 Å². The van der Waals surface area contributed by atoms with Crippen LogP contribution < -0.4 is 0 Å². The third-order valence-corrected chi connectivity index (χ3v) is 6.22. The van der Waals surface area contributed by atoms with Gasteiger partial charge in [0.1, 0.15) is 0 Å². The first-order valence-corrected chi connectivity index (χ1v) is 9.59. The van der Waals surface area contributed by atoms with Crippen LogP contribution >= 0.6 is 0 Å². The van der Waals surface area contributed by atoms with Crippen LogP contribution in [0.5, 0.6) is 0 Å². The molecule has 2 rings (SSSR count). The number of hydrogen-bond donors (Lipinski definition) is 0. The summed E-state index contributed by atoms with van der Waals surface area (Å²) in [6.45, 7) is 8.48. The molecule has 0 aliphatic carbocycles. The molecule has 7 heteroatoms. The Morgan fingerprint density at radius 3 is 2.38 bits per heavy atom. The Hall–Kier alpha value is -1.44. The lowest BCUT2D eigenvalue weighted by Crippen LogP contribution is -2.48. The maximum absolute atomic E-state index is 12.7. The number of hydrogen-bond acceptors (Lipinski definition) is 4. The molecule has 0 N–H and O–H groups in total. The van der Waals surface area contributed by atoms with Crippen LogP contribution in [-0.4, -0.2) is 61.9 Å². The van der Waals surface area contributed by atoms with Crippen molar-refractivity contribution >= 4 is 15.9 Å². The number of sulfonamides is 1. The van der Waals surface area contributed by atoms with Gasteiger partial charge in [-0.3, -0.25) is 4.79 Å². The molecule has 1 saturated heterocycles. The fourth-order valence-electron chi connectivity index (χ4n) is 2.76. The second kappa shape index (κ2) is 7.21. The molecule has 1 amide bonds. The van der Waals surface area contributed by atoms with Crippen molar-refractivity contribution in [1.29, 1.82) is 0 Å². The van der Waals surface area contributed by atoms with Crippen molar-refractivity contribution in [2.75, 3.05) is 20.1 Å². The maximum atomic E-state index is 12.7. The van der Waals surface area contributed by atoms with E-state index in [-0.39, 0.29) is 29.1 Å². The zero-order valence-electron chi connectivity index (χ0n) is 14.9. The van der Waals surface area contributed by atoms with Crippen LogP contribution in [0, 0.1) is 0 Å². The first-order valence-electron chi connectivity index (χ1n) is 8.15. The van der Waals surface area contributed by atoms with E-state index in [1.54, 1.807) is 24.1 Å². The van der Waals surface area contributed by atoms with Gasteiger partial charge in [0.15, 0.2) is 0 Å². The van der Waals surface area contributed by atoms with E-state index >= 15 is 0 Å². The lowest BCUT2D eigenvalue weighted by Gasteiger charge is -2.35. The molecule has 134 valence electrons. The van der Waals surface area contributed by atoms with Gasteiger partial charge in [0.25, 0.3) is 5.91 Å². The molecule has 0 radical (unpaired) electrons. The van der Waals surface area contributed by atoms with E-state index in [4.69, 9.17) is 4.74 Å². The third kappa shape index (κ3) is 3.96. The molecule has 0 bridgehead atoms. The van der Waals surface area contributed by atoms with Gasteiger partial charge in [-0.15, -0.1) is 0 Å². The number of rotatable bonds is 4. The minimum Gasteiger partial charge on any atom is -0.372 e. The van der Waals surface area contributed by atoms with Crippen LogP contribution in [0.1, 0.15) is 38.1 Å². The molecule has 0 unspecified atom stereocenters. The molecule has 1 aromatic carbocycles. The average molecular weight is 354 g/mol. The number of nitrogens with zero attached hydrogens (tertiary/aromatic N) is 2. The van der Waals surface area contributed by atoms with E-state index in [0.29, 0.717) is 18.7 Å². The molecule has 1 aromatic rings. The third-order valence-electron chi connectivity index (χ3n) is 4.19.